The number of benzene rings is 1. The highest BCUT2D eigenvalue weighted by molar-refractivity contribution is 5.53. The summed E-state index contributed by atoms with van der Waals surface area (Å²) in [6, 6.07) is 10.1. The molecule has 1 aromatic carbocycles. The van der Waals surface area contributed by atoms with Gasteiger partial charge in [0, 0.05) is 30.9 Å². The van der Waals surface area contributed by atoms with Crippen LogP contribution in [0, 0.1) is 0 Å². The van der Waals surface area contributed by atoms with Gasteiger partial charge in [-0.1, -0.05) is 31.0 Å². The van der Waals surface area contributed by atoms with Crippen molar-refractivity contribution in [2.45, 2.75) is 50.3 Å². The van der Waals surface area contributed by atoms with Crippen LogP contribution in [0.1, 0.15) is 31.2 Å². The van der Waals surface area contributed by atoms with Crippen LogP contribution >= 0.6 is 0 Å². The van der Waals surface area contributed by atoms with Crippen LogP contribution in [0.25, 0.3) is 0 Å². The number of rotatable bonds is 1. The number of anilines is 1. The molecule has 0 spiro atoms. The van der Waals surface area contributed by atoms with E-state index in [0.29, 0.717) is 18.2 Å². The van der Waals surface area contributed by atoms with E-state index in [0.717, 1.165) is 19.7 Å². The summed E-state index contributed by atoms with van der Waals surface area (Å²) in [6.45, 7) is 3.11. The first-order chi connectivity index (χ1) is 9.92. The van der Waals surface area contributed by atoms with Gasteiger partial charge in [-0.3, -0.25) is 4.90 Å². The second kappa shape index (κ2) is 5.38. The fraction of sp³-hybridized carbons (Fsp3) is 0.647. The number of ether oxygens (including phenoxy) is 1. The zero-order valence-corrected chi connectivity index (χ0v) is 12.1. The lowest BCUT2D eigenvalue weighted by Crippen LogP contribution is -2.58. The molecule has 2 aliphatic heterocycles. The molecule has 0 radical (unpaired) electrons. The molecule has 1 aliphatic carbocycles. The van der Waals surface area contributed by atoms with E-state index >= 15 is 0 Å². The Morgan fingerprint density at radius 2 is 2.05 bits per heavy atom. The zero-order chi connectivity index (χ0) is 13.4. The second-order valence-electron chi connectivity index (χ2n) is 6.39. The summed E-state index contributed by atoms with van der Waals surface area (Å²) in [7, 11) is 0. The predicted molar refractivity (Wildman–Crippen MR) is 81.1 cm³/mol. The van der Waals surface area contributed by atoms with Gasteiger partial charge in [0.15, 0.2) is 0 Å². The third-order valence-corrected chi connectivity index (χ3v) is 5.25. The van der Waals surface area contributed by atoms with Crippen molar-refractivity contribution in [2.75, 3.05) is 25.0 Å². The molecule has 1 saturated heterocycles. The summed E-state index contributed by atoms with van der Waals surface area (Å²) in [5, 5.41) is 3.62. The van der Waals surface area contributed by atoms with Crippen molar-refractivity contribution in [1.82, 2.24) is 4.90 Å². The first-order valence-corrected chi connectivity index (χ1v) is 8.11. The van der Waals surface area contributed by atoms with E-state index in [4.69, 9.17) is 4.74 Å². The maximum atomic E-state index is 6.01. The number of morpholine rings is 1. The fourth-order valence-corrected chi connectivity index (χ4v) is 4.24. The van der Waals surface area contributed by atoms with Crippen LogP contribution < -0.4 is 5.32 Å². The van der Waals surface area contributed by atoms with Crippen LogP contribution in [0.4, 0.5) is 5.69 Å². The summed E-state index contributed by atoms with van der Waals surface area (Å²) in [6.07, 6.45) is 6.99. The molecule has 3 unspecified atom stereocenters. The molecule has 1 saturated carbocycles. The van der Waals surface area contributed by atoms with Crippen LogP contribution in [-0.2, 0) is 11.2 Å². The highest BCUT2D eigenvalue weighted by Gasteiger charge is 2.38. The Morgan fingerprint density at radius 1 is 1.15 bits per heavy atom. The van der Waals surface area contributed by atoms with E-state index in [1.165, 1.54) is 43.4 Å². The highest BCUT2D eigenvalue weighted by Crippen LogP contribution is 2.32. The lowest BCUT2D eigenvalue weighted by molar-refractivity contribution is -0.101. The quantitative estimate of drug-likeness (QED) is 0.850. The molecule has 3 aliphatic rings. The standard InChI is InChI=1S/C17H24N2O/c1-2-6-15-13(5-1)11-14(12-18-15)19-9-10-20-17-8-4-3-7-16(17)19/h1-2,5-6,14,16-18H,3-4,7-12H2. The van der Waals surface area contributed by atoms with Gasteiger partial charge in [0.2, 0.25) is 0 Å². The third kappa shape index (κ3) is 2.23. The third-order valence-electron chi connectivity index (χ3n) is 5.25. The number of hydrogen-bond donors (Lipinski definition) is 1. The summed E-state index contributed by atoms with van der Waals surface area (Å²) < 4.78 is 6.01. The Labute approximate surface area is 121 Å². The summed E-state index contributed by atoms with van der Waals surface area (Å²) in [5.74, 6) is 0. The first-order valence-electron chi connectivity index (χ1n) is 8.11. The van der Waals surface area contributed by atoms with Crippen molar-refractivity contribution in [1.29, 1.82) is 0 Å². The van der Waals surface area contributed by atoms with Gasteiger partial charge >= 0.3 is 0 Å². The molecule has 20 heavy (non-hydrogen) atoms. The number of nitrogens with zero attached hydrogens (tertiary/aromatic N) is 1. The normalized spacial score (nSPS) is 33.9. The number of hydrogen-bond acceptors (Lipinski definition) is 3. The van der Waals surface area contributed by atoms with Gasteiger partial charge in [0.1, 0.15) is 0 Å². The van der Waals surface area contributed by atoms with E-state index in [9.17, 15) is 0 Å². The lowest BCUT2D eigenvalue weighted by Gasteiger charge is -2.48. The van der Waals surface area contributed by atoms with Crippen molar-refractivity contribution >= 4 is 5.69 Å². The molecular weight excluding hydrogens is 248 g/mol. The first kappa shape index (κ1) is 12.7. The fourth-order valence-electron chi connectivity index (χ4n) is 4.24. The molecule has 0 bridgehead atoms. The topological polar surface area (TPSA) is 24.5 Å². The average Bonchev–Trinajstić information content (AvgIpc) is 2.54. The van der Waals surface area contributed by atoms with Gasteiger partial charge in [0.05, 0.1) is 12.7 Å². The van der Waals surface area contributed by atoms with E-state index < -0.39 is 0 Å². The molecule has 0 aromatic heterocycles. The molecule has 3 nitrogen and oxygen atoms in total. The van der Waals surface area contributed by atoms with Crippen LogP contribution in [0.5, 0.6) is 0 Å². The Hall–Kier alpha value is -1.06. The van der Waals surface area contributed by atoms with Crippen molar-refractivity contribution in [3.8, 4) is 0 Å². The average molecular weight is 272 g/mol. The maximum Gasteiger partial charge on any atom is 0.0731 e. The molecule has 4 rings (SSSR count). The SMILES string of the molecule is c1ccc2c(c1)CC(N1CCOC3CCCCC31)CN2. The molecule has 3 atom stereocenters. The Bertz CT molecular complexity index is 474. The monoisotopic (exact) mass is 272 g/mol. The molecule has 108 valence electrons. The molecular formula is C17H24N2O. The highest BCUT2D eigenvalue weighted by atomic mass is 16.5. The number of fused-ring (bicyclic) bond motifs is 2. The van der Waals surface area contributed by atoms with Gasteiger partial charge in [-0.05, 0) is 30.9 Å². The Morgan fingerprint density at radius 3 is 3.05 bits per heavy atom. The van der Waals surface area contributed by atoms with E-state index in [1.807, 2.05) is 0 Å². The van der Waals surface area contributed by atoms with Gasteiger partial charge in [-0.2, -0.15) is 0 Å². The Kier molecular flexibility index (Phi) is 3.41. The second-order valence-corrected chi connectivity index (χ2v) is 6.39. The molecule has 1 aromatic rings. The van der Waals surface area contributed by atoms with Crippen LogP contribution in [0.15, 0.2) is 24.3 Å². The smallest absolute Gasteiger partial charge is 0.0731 e. The molecule has 2 fully saturated rings. The lowest BCUT2D eigenvalue weighted by atomic mass is 9.87. The van der Waals surface area contributed by atoms with Crippen molar-refractivity contribution in [3.05, 3.63) is 29.8 Å². The minimum atomic E-state index is 0.495. The predicted octanol–water partition coefficient (Wildman–Crippen LogP) is 2.67. The van der Waals surface area contributed by atoms with E-state index in [2.05, 4.69) is 34.5 Å². The largest absolute Gasteiger partial charge is 0.383 e. The van der Waals surface area contributed by atoms with E-state index in [-0.39, 0.29) is 0 Å². The molecule has 0 amide bonds. The van der Waals surface area contributed by atoms with Crippen molar-refractivity contribution < 1.29 is 4.74 Å². The summed E-state index contributed by atoms with van der Waals surface area (Å²) in [5.41, 5.74) is 2.81. The van der Waals surface area contributed by atoms with Crippen molar-refractivity contribution in [3.63, 3.8) is 0 Å². The number of nitrogens with one attached hydrogen (secondary N) is 1. The van der Waals surface area contributed by atoms with Gasteiger partial charge < -0.3 is 10.1 Å². The summed E-state index contributed by atoms with van der Waals surface area (Å²) in [4.78, 5) is 2.75. The van der Waals surface area contributed by atoms with Crippen molar-refractivity contribution in [2.24, 2.45) is 0 Å². The molecule has 1 N–H and O–H groups in total. The van der Waals surface area contributed by atoms with Crippen LogP contribution in [-0.4, -0.2) is 42.8 Å². The molecule has 2 heterocycles. The van der Waals surface area contributed by atoms with Crippen LogP contribution in [0.2, 0.25) is 0 Å². The van der Waals surface area contributed by atoms with Gasteiger partial charge in [-0.25, -0.2) is 0 Å². The number of para-hydroxylation sites is 1. The summed E-state index contributed by atoms with van der Waals surface area (Å²) >= 11 is 0. The Balaban J connectivity index is 1.53. The molecule has 3 heteroatoms. The van der Waals surface area contributed by atoms with Gasteiger partial charge in [0.25, 0.3) is 0 Å². The van der Waals surface area contributed by atoms with Gasteiger partial charge in [-0.15, -0.1) is 0 Å². The van der Waals surface area contributed by atoms with Crippen LogP contribution in [0.3, 0.4) is 0 Å². The zero-order valence-electron chi connectivity index (χ0n) is 12.1. The maximum absolute atomic E-state index is 6.01. The minimum absolute atomic E-state index is 0.495. The minimum Gasteiger partial charge on any atom is -0.383 e. The van der Waals surface area contributed by atoms with E-state index in [1.54, 1.807) is 0 Å².